The molecule has 21 heavy (non-hydrogen) atoms. The molecule has 0 aliphatic rings. The Morgan fingerprint density at radius 2 is 2.00 bits per heavy atom. The van der Waals surface area contributed by atoms with Crippen molar-refractivity contribution < 1.29 is 9.18 Å². The maximum atomic E-state index is 12.8. The van der Waals surface area contributed by atoms with Gasteiger partial charge in [0.1, 0.15) is 5.82 Å². The first-order valence-corrected chi connectivity index (χ1v) is 6.44. The Morgan fingerprint density at radius 3 is 2.81 bits per heavy atom. The van der Waals surface area contributed by atoms with Gasteiger partial charge in [0.05, 0.1) is 11.7 Å². The fraction of sp³-hybridized carbons (Fsp3) is 0.0667. The minimum atomic E-state index is -0.365. The summed E-state index contributed by atoms with van der Waals surface area (Å²) in [6.45, 7) is 0.315. The molecular formula is C15H13FN4O. The standard InChI is InChI=1S/C15H13FN4O/c16-12-6-4-11(5-7-12)9-18-15(21)19-14-17-10-13-3-1-2-8-20(13)14/h1-8,10H,9H2,(H2,17,18,19,21). The summed E-state index contributed by atoms with van der Waals surface area (Å²) in [7, 11) is 0. The van der Waals surface area contributed by atoms with Gasteiger partial charge in [0.25, 0.3) is 0 Å². The van der Waals surface area contributed by atoms with Crippen molar-refractivity contribution in [3.05, 3.63) is 66.2 Å². The number of carbonyl (C=O) groups is 1. The molecule has 0 saturated heterocycles. The highest BCUT2D eigenvalue weighted by molar-refractivity contribution is 5.87. The van der Waals surface area contributed by atoms with Crippen LogP contribution in [0, 0.1) is 5.82 Å². The van der Waals surface area contributed by atoms with E-state index in [1.54, 1.807) is 22.7 Å². The molecule has 106 valence electrons. The first-order valence-electron chi connectivity index (χ1n) is 6.44. The van der Waals surface area contributed by atoms with Crippen LogP contribution in [0.15, 0.2) is 54.9 Å². The molecule has 2 heterocycles. The van der Waals surface area contributed by atoms with Crippen molar-refractivity contribution in [1.82, 2.24) is 14.7 Å². The van der Waals surface area contributed by atoms with Crippen LogP contribution in [0.4, 0.5) is 15.1 Å². The predicted molar refractivity (Wildman–Crippen MR) is 77.5 cm³/mol. The molecule has 0 radical (unpaired) electrons. The van der Waals surface area contributed by atoms with E-state index < -0.39 is 0 Å². The molecule has 2 amide bonds. The highest BCUT2D eigenvalue weighted by Gasteiger charge is 2.07. The lowest BCUT2D eigenvalue weighted by Crippen LogP contribution is -2.29. The third kappa shape index (κ3) is 3.00. The Morgan fingerprint density at radius 1 is 1.19 bits per heavy atom. The Kier molecular flexibility index (Phi) is 3.51. The molecule has 3 rings (SSSR count). The van der Waals surface area contributed by atoms with Gasteiger partial charge < -0.3 is 5.32 Å². The van der Waals surface area contributed by atoms with Crippen molar-refractivity contribution in [1.29, 1.82) is 0 Å². The predicted octanol–water partition coefficient (Wildman–Crippen LogP) is 2.80. The van der Waals surface area contributed by atoms with Crippen molar-refractivity contribution in [2.45, 2.75) is 6.54 Å². The number of anilines is 1. The summed E-state index contributed by atoms with van der Waals surface area (Å²) in [4.78, 5) is 16.0. The Balaban J connectivity index is 1.62. The molecule has 0 aliphatic carbocycles. The third-order valence-corrected chi connectivity index (χ3v) is 3.03. The average Bonchev–Trinajstić information content (AvgIpc) is 2.90. The number of hydrogen-bond acceptors (Lipinski definition) is 2. The number of carbonyl (C=O) groups excluding carboxylic acids is 1. The van der Waals surface area contributed by atoms with E-state index in [1.807, 2.05) is 24.4 Å². The summed E-state index contributed by atoms with van der Waals surface area (Å²) >= 11 is 0. The van der Waals surface area contributed by atoms with Crippen LogP contribution in [0.3, 0.4) is 0 Å². The smallest absolute Gasteiger partial charge is 0.321 e. The van der Waals surface area contributed by atoms with Gasteiger partial charge in [-0.1, -0.05) is 18.2 Å². The van der Waals surface area contributed by atoms with Crippen LogP contribution < -0.4 is 10.6 Å². The monoisotopic (exact) mass is 284 g/mol. The highest BCUT2D eigenvalue weighted by atomic mass is 19.1. The van der Waals surface area contributed by atoms with Gasteiger partial charge in [-0.15, -0.1) is 0 Å². The number of nitrogens with one attached hydrogen (secondary N) is 2. The molecule has 0 spiro atoms. The van der Waals surface area contributed by atoms with Gasteiger partial charge in [-0.05, 0) is 29.8 Å². The largest absolute Gasteiger partial charge is 0.334 e. The quantitative estimate of drug-likeness (QED) is 0.777. The first kappa shape index (κ1) is 13.1. The molecule has 2 aromatic heterocycles. The van der Waals surface area contributed by atoms with Gasteiger partial charge in [0, 0.05) is 12.7 Å². The van der Waals surface area contributed by atoms with Crippen molar-refractivity contribution in [3.8, 4) is 0 Å². The topological polar surface area (TPSA) is 58.4 Å². The van der Waals surface area contributed by atoms with E-state index in [1.165, 1.54) is 12.1 Å². The zero-order chi connectivity index (χ0) is 14.7. The second-order valence-corrected chi connectivity index (χ2v) is 4.51. The second-order valence-electron chi connectivity index (χ2n) is 4.51. The number of amides is 2. The number of imidazole rings is 1. The average molecular weight is 284 g/mol. The van der Waals surface area contributed by atoms with Gasteiger partial charge in [-0.2, -0.15) is 0 Å². The summed E-state index contributed by atoms with van der Waals surface area (Å²) in [5.74, 6) is 0.147. The molecule has 0 saturated carbocycles. The number of rotatable bonds is 3. The van der Waals surface area contributed by atoms with Crippen LogP contribution in [0.25, 0.3) is 5.52 Å². The third-order valence-electron chi connectivity index (χ3n) is 3.03. The normalized spacial score (nSPS) is 10.5. The fourth-order valence-corrected chi connectivity index (χ4v) is 1.97. The molecule has 3 aromatic rings. The minimum Gasteiger partial charge on any atom is -0.334 e. The zero-order valence-corrected chi connectivity index (χ0v) is 11.1. The second kappa shape index (κ2) is 5.62. The van der Waals surface area contributed by atoms with Gasteiger partial charge in [-0.25, -0.2) is 14.2 Å². The molecule has 0 atom stereocenters. The lowest BCUT2D eigenvalue weighted by Gasteiger charge is -2.07. The summed E-state index contributed by atoms with van der Waals surface area (Å²) in [6, 6.07) is 11.3. The van der Waals surface area contributed by atoms with Crippen LogP contribution in [0.1, 0.15) is 5.56 Å². The molecule has 0 fully saturated rings. The van der Waals surface area contributed by atoms with Gasteiger partial charge in [0.2, 0.25) is 5.95 Å². The molecule has 0 aliphatic heterocycles. The SMILES string of the molecule is O=C(NCc1ccc(F)cc1)Nc1ncc2ccccn12. The molecule has 0 unspecified atom stereocenters. The molecule has 0 bridgehead atoms. The number of pyridine rings is 1. The van der Waals surface area contributed by atoms with E-state index in [-0.39, 0.29) is 11.8 Å². The summed E-state index contributed by atoms with van der Waals surface area (Å²) < 4.78 is 14.6. The zero-order valence-electron chi connectivity index (χ0n) is 11.1. The van der Waals surface area contributed by atoms with Crippen LogP contribution in [0.5, 0.6) is 0 Å². The summed E-state index contributed by atoms with van der Waals surface area (Å²) in [5.41, 5.74) is 1.71. The number of nitrogens with zero attached hydrogens (tertiary/aromatic N) is 2. The van der Waals surface area contributed by atoms with E-state index in [0.717, 1.165) is 11.1 Å². The van der Waals surface area contributed by atoms with E-state index in [4.69, 9.17) is 0 Å². The van der Waals surface area contributed by atoms with Crippen molar-refractivity contribution >= 4 is 17.5 Å². The van der Waals surface area contributed by atoms with Crippen molar-refractivity contribution in [2.24, 2.45) is 0 Å². The number of urea groups is 1. The summed E-state index contributed by atoms with van der Waals surface area (Å²) in [6.07, 6.45) is 3.49. The number of halogens is 1. The van der Waals surface area contributed by atoms with Crippen LogP contribution >= 0.6 is 0 Å². The van der Waals surface area contributed by atoms with Gasteiger partial charge >= 0.3 is 6.03 Å². The fourth-order valence-electron chi connectivity index (χ4n) is 1.97. The molecule has 2 N–H and O–H groups in total. The van der Waals surface area contributed by atoms with Gasteiger partial charge in [-0.3, -0.25) is 9.72 Å². The number of aromatic nitrogens is 2. The number of hydrogen-bond donors (Lipinski definition) is 2. The first-order chi connectivity index (χ1) is 10.2. The highest BCUT2D eigenvalue weighted by Crippen LogP contribution is 2.10. The number of benzene rings is 1. The maximum Gasteiger partial charge on any atom is 0.321 e. The van der Waals surface area contributed by atoms with Crippen molar-refractivity contribution in [3.63, 3.8) is 0 Å². The lowest BCUT2D eigenvalue weighted by atomic mass is 10.2. The number of fused-ring (bicyclic) bond motifs is 1. The van der Waals surface area contributed by atoms with E-state index in [0.29, 0.717) is 12.5 Å². The van der Waals surface area contributed by atoms with E-state index in [9.17, 15) is 9.18 Å². The Hall–Kier alpha value is -2.89. The van der Waals surface area contributed by atoms with Crippen LogP contribution in [0.2, 0.25) is 0 Å². The van der Waals surface area contributed by atoms with E-state index >= 15 is 0 Å². The maximum absolute atomic E-state index is 12.8. The van der Waals surface area contributed by atoms with Crippen LogP contribution in [-0.2, 0) is 6.54 Å². The molecular weight excluding hydrogens is 271 g/mol. The lowest BCUT2D eigenvalue weighted by molar-refractivity contribution is 0.251. The molecule has 5 nitrogen and oxygen atoms in total. The Bertz CT molecular complexity index is 767. The van der Waals surface area contributed by atoms with Gasteiger partial charge in [0.15, 0.2) is 0 Å². The molecule has 1 aromatic carbocycles. The van der Waals surface area contributed by atoms with E-state index in [2.05, 4.69) is 15.6 Å². The molecule has 6 heteroatoms. The minimum absolute atomic E-state index is 0.299. The Labute approximate surface area is 120 Å². The van der Waals surface area contributed by atoms with Crippen LogP contribution in [-0.4, -0.2) is 15.4 Å². The summed E-state index contributed by atoms with van der Waals surface area (Å²) in [5, 5.41) is 5.37. The van der Waals surface area contributed by atoms with Crippen molar-refractivity contribution in [2.75, 3.05) is 5.32 Å².